The van der Waals surface area contributed by atoms with Crippen molar-refractivity contribution in [2.75, 3.05) is 35.3 Å². The Morgan fingerprint density at radius 2 is 1.91 bits per heavy atom. The molecule has 3 heterocycles. The van der Waals surface area contributed by atoms with Gasteiger partial charge in [0.15, 0.2) is 5.82 Å². The fourth-order valence-electron chi connectivity index (χ4n) is 4.71. The quantitative estimate of drug-likeness (QED) is 0.526. The Morgan fingerprint density at radius 1 is 1.12 bits per heavy atom. The first-order valence-electron chi connectivity index (χ1n) is 11.6. The fourth-order valence-corrected chi connectivity index (χ4v) is 5.97. The summed E-state index contributed by atoms with van der Waals surface area (Å²) in [6, 6.07) is 12.0. The molecule has 34 heavy (non-hydrogen) atoms. The van der Waals surface area contributed by atoms with E-state index in [4.69, 9.17) is 4.74 Å². The largest absolute Gasteiger partial charge is 0.465 e. The Bertz CT molecular complexity index is 1220. The number of hydrogen-bond acceptors (Lipinski definition) is 6. The predicted molar refractivity (Wildman–Crippen MR) is 135 cm³/mol. The summed E-state index contributed by atoms with van der Waals surface area (Å²) in [6.45, 7) is 3.99. The van der Waals surface area contributed by atoms with E-state index >= 15 is 0 Å². The number of pyridine rings is 1. The summed E-state index contributed by atoms with van der Waals surface area (Å²) in [4.78, 5) is 35.7. The van der Waals surface area contributed by atoms with Crippen molar-refractivity contribution in [1.82, 2.24) is 4.98 Å². The molecule has 2 amide bonds. The third-order valence-corrected chi connectivity index (χ3v) is 7.68. The summed E-state index contributed by atoms with van der Waals surface area (Å²) in [5.74, 6) is 0.392. The van der Waals surface area contributed by atoms with Crippen LogP contribution in [-0.2, 0) is 24.1 Å². The third kappa shape index (κ3) is 4.25. The lowest BCUT2D eigenvalue weighted by Gasteiger charge is -2.36. The lowest BCUT2D eigenvalue weighted by atomic mass is 9.95. The number of nitrogens with zero attached hydrogens (tertiary/aromatic N) is 3. The average molecular weight is 477 g/mol. The average Bonchev–Trinajstić information content (AvgIpc) is 3.22. The van der Waals surface area contributed by atoms with Crippen molar-refractivity contribution >= 4 is 39.8 Å². The van der Waals surface area contributed by atoms with E-state index in [1.807, 2.05) is 12.1 Å². The van der Waals surface area contributed by atoms with Crippen LogP contribution in [0.15, 0.2) is 42.6 Å². The van der Waals surface area contributed by atoms with Gasteiger partial charge in [-0.1, -0.05) is 29.8 Å². The van der Waals surface area contributed by atoms with Gasteiger partial charge in [0, 0.05) is 30.7 Å². The first-order chi connectivity index (χ1) is 16.5. The van der Waals surface area contributed by atoms with E-state index in [-0.39, 0.29) is 12.0 Å². The molecular weight excluding hydrogens is 448 g/mol. The summed E-state index contributed by atoms with van der Waals surface area (Å²) in [5, 5.41) is 3.60. The molecule has 1 aliphatic carbocycles. The second kappa shape index (κ2) is 9.46. The van der Waals surface area contributed by atoms with Crippen LogP contribution >= 0.6 is 11.3 Å². The van der Waals surface area contributed by atoms with Gasteiger partial charge in [0.25, 0.3) is 0 Å². The number of thiophene rings is 1. The van der Waals surface area contributed by atoms with Crippen LogP contribution in [-0.4, -0.2) is 37.2 Å². The zero-order valence-electron chi connectivity index (χ0n) is 19.5. The van der Waals surface area contributed by atoms with E-state index in [1.165, 1.54) is 34.5 Å². The first kappa shape index (κ1) is 22.4. The number of hydrogen-bond donors (Lipinski definition) is 1. The first-order valence-corrected chi connectivity index (χ1v) is 12.4. The lowest BCUT2D eigenvalue weighted by molar-refractivity contribution is 0.0601. The summed E-state index contributed by atoms with van der Waals surface area (Å²) in [7, 11) is 1.38. The number of ether oxygens (including phenoxy) is 1. The minimum absolute atomic E-state index is 0.256. The number of esters is 1. The van der Waals surface area contributed by atoms with E-state index < -0.39 is 0 Å². The number of carbonyl (C=O) groups excluding carboxylic acids is 2. The van der Waals surface area contributed by atoms with Crippen molar-refractivity contribution in [3.05, 3.63) is 69.7 Å². The van der Waals surface area contributed by atoms with E-state index in [2.05, 4.69) is 46.4 Å². The van der Waals surface area contributed by atoms with Gasteiger partial charge in [0.1, 0.15) is 5.00 Å². The number of anilines is 3. The van der Waals surface area contributed by atoms with Crippen LogP contribution in [0, 0.1) is 6.92 Å². The lowest BCUT2D eigenvalue weighted by Crippen LogP contribution is -2.46. The molecule has 1 N–H and O–H groups in total. The van der Waals surface area contributed by atoms with Crippen LogP contribution in [0.4, 0.5) is 21.3 Å². The highest BCUT2D eigenvalue weighted by Crippen LogP contribution is 2.39. The molecule has 0 radical (unpaired) electrons. The topological polar surface area (TPSA) is 74.8 Å². The molecule has 1 aromatic carbocycles. The zero-order chi connectivity index (χ0) is 23.7. The van der Waals surface area contributed by atoms with Crippen LogP contribution in [0.3, 0.4) is 0 Å². The molecule has 0 saturated heterocycles. The Morgan fingerprint density at radius 3 is 2.71 bits per heavy atom. The van der Waals surface area contributed by atoms with E-state index in [0.717, 1.165) is 49.3 Å². The predicted octanol–water partition coefficient (Wildman–Crippen LogP) is 5.18. The highest BCUT2D eigenvalue weighted by molar-refractivity contribution is 7.17. The number of methoxy groups -OCH3 is 1. The number of rotatable bonds is 4. The second-order valence-electron chi connectivity index (χ2n) is 8.74. The Labute approximate surface area is 203 Å². The maximum atomic E-state index is 13.4. The number of carbonyl (C=O) groups is 2. The molecular formula is C26H28N4O3S. The van der Waals surface area contributed by atoms with Crippen molar-refractivity contribution in [3.63, 3.8) is 0 Å². The number of aromatic nitrogens is 1. The van der Waals surface area contributed by atoms with Crippen LogP contribution in [0.2, 0.25) is 0 Å². The Balaban J connectivity index is 1.40. The van der Waals surface area contributed by atoms with Gasteiger partial charge in [-0.15, -0.1) is 11.3 Å². The van der Waals surface area contributed by atoms with Gasteiger partial charge in [0.05, 0.1) is 18.4 Å². The van der Waals surface area contributed by atoms with E-state index in [1.54, 1.807) is 11.1 Å². The molecule has 2 aliphatic rings. The number of urea groups is 1. The molecule has 0 fully saturated rings. The minimum Gasteiger partial charge on any atom is -0.465 e. The van der Waals surface area contributed by atoms with Crippen molar-refractivity contribution in [1.29, 1.82) is 0 Å². The standard InChI is InChI=1S/C26H28N4O3S/c1-17-9-11-18(12-10-17)16-29-14-15-30(20-7-5-13-27-23(20)29)26(32)28-24-22(25(31)33-2)19-6-3-4-8-21(19)34-24/h5,7,9-13H,3-4,6,8,14-16H2,1-2H3,(H,28,32). The maximum absolute atomic E-state index is 13.4. The number of benzene rings is 1. The molecule has 7 nitrogen and oxygen atoms in total. The van der Waals surface area contributed by atoms with Crippen molar-refractivity contribution in [3.8, 4) is 0 Å². The van der Waals surface area contributed by atoms with Gasteiger partial charge < -0.3 is 9.64 Å². The normalized spacial score (nSPS) is 14.9. The van der Waals surface area contributed by atoms with Crippen LogP contribution in [0.25, 0.3) is 0 Å². The zero-order valence-corrected chi connectivity index (χ0v) is 20.3. The molecule has 176 valence electrons. The fraction of sp³-hybridized carbons (Fsp3) is 0.346. The van der Waals surface area contributed by atoms with Crippen LogP contribution in [0.1, 0.15) is 44.8 Å². The number of fused-ring (bicyclic) bond motifs is 2. The summed E-state index contributed by atoms with van der Waals surface area (Å²) >= 11 is 1.50. The van der Waals surface area contributed by atoms with Gasteiger partial charge in [0.2, 0.25) is 0 Å². The van der Waals surface area contributed by atoms with Crippen LogP contribution < -0.4 is 15.1 Å². The molecule has 0 saturated carbocycles. The number of amides is 2. The van der Waals surface area contributed by atoms with Gasteiger partial charge >= 0.3 is 12.0 Å². The number of aryl methyl sites for hydroxylation is 2. The number of nitrogens with one attached hydrogen (secondary N) is 1. The third-order valence-electron chi connectivity index (χ3n) is 6.47. The molecule has 0 spiro atoms. The van der Waals surface area contributed by atoms with Gasteiger partial charge in [-0.25, -0.2) is 14.6 Å². The minimum atomic E-state index is -0.389. The van der Waals surface area contributed by atoms with Crippen LogP contribution in [0.5, 0.6) is 0 Å². The van der Waals surface area contributed by atoms with Gasteiger partial charge in [-0.05, 0) is 55.9 Å². The monoisotopic (exact) mass is 476 g/mol. The summed E-state index contributed by atoms with van der Waals surface area (Å²) in [6.07, 6.45) is 5.68. The molecule has 5 rings (SSSR count). The van der Waals surface area contributed by atoms with Crippen molar-refractivity contribution < 1.29 is 14.3 Å². The highest BCUT2D eigenvalue weighted by Gasteiger charge is 2.31. The maximum Gasteiger partial charge on any atom is 0.341 e. The van der Waals surface area contributed by atoms with E-state index in [0.29, 0.717) is 23.7 Å². The summed E-state index contributed by atoms with van der Waals surface area (Å²) < 4.78 is 5.05. The molecule has 0 atom stereocenters. The Hall–Kier alpha value is -3.39. The molecule has 2 aromatic heterocycles. The molecule has 0 bridgehead atoms. The molecule has 0 unspecified atom stereocenters. The SMILES string of the molecule is COC(=O)c1c(NC(=O)N2CCN(Cc3ccc(C)cc3)c3ncccc32)sc2c1CCCC2. The highest BCUT2D eigenvalue weighted by atomic mass is 32.1. The molecule has 3 aromatic rings. The smallest absolute Gasteiger partial charge is 0.341 e. The summed E-state index contributed by atoms with van der Waals surface area (Å²) in [5.41, 5.74) is 4.74. The van der Waals surface area contributed by atoms with Crippen molar-refractivity contribution in [2.24, 2.45) is 0 Å². The molecule has 1 aliphatic heterocycles. The van der Waals surface area contributed by atoms with Crippen molar-refractivity contribution in [2.45, 2.75) is 39.2 Å². The van der Waals surface area contributed by atoms with Gasteiger partial charge in [-0.3, -0.25) is 10.2 Å². The van der Waals surface area contributed by atoms with E-state index in [9.17, 15) is 9.59 Å². The second-order valence-corrected chi connectivity index (χ2v) is 9.85. The van der Waals surface area contributed by atoms with Gasteiger partial charge in [-0.2, -0.15) is 0 Å². The molecule has 8 heteroatoms. The Kier molecular flexibility index (Phi) is 6.24.